The summed E-state index contributed by atoms with van der Waals surface area (Å²) in [4.78, 5) is 11.0. The van der Waals surface area contributed by atoms with Gasteiger partial charge < -0.3 is 9.84 Å². The summed E-state index contributed by atoms with van der Waals surface area (Å²) in [5.74, 6) is -0.981. The molecule has 1 aromatic rings. The minimum Gasteiger partial charge on any atom is -0.479 e. The van der Waals surface area contributed by atoms with Gasteiger partial charge in [0.1, 0.15) is 0 Å². The van der Waals surface area contributed by atoms with Gasteiger partial charge in [-0.15, -0.1) is 0 Å². The Kier molecular flexibility index (Phi) is 2.91. The maximum absolute atomic E-state index is 11.0. The Morgan fingerprint density at radius 3 is 2.57 bits per heavy atom. The molecule has 76 valence electrons. The van der Waals surface area contributed by atoms with Crippen LogP contribution in [-0.2, 0) is 15.1 Å². The predicted molar refractivity (Wildman–Crippen MR) is 53.2 cm³/mol. The fourth-order valence-electron chi connectivity index (χ4n) is 1.27. The van der Waals surface area contributed by atoms with Gasteiger partial charge in [0, 0.05) is 7.11 Å². The number of aryl methyl sites for hydroxylation is 1. The molecule has 1 N–H and O–H groups in total. The first-order valence-corrected chi connectivity index (χ1v) is 4.36. The quantitative estimate of drug-likeness (QED) is 0.799. The van der Waals surface area contributed by atoms with Crippen molar-refractivity contribution in [3.63, 3.8) is 0 Å². The number of carboxylic acid groups (broad SMARTS) is 1. The average Bonchev–Trinajstić information content (AvgIpc) is 2.16. The first-order chi connectivity index (χ1) is 6.50. The first-order valence-electron chi connectivity index (χ1n) is 4.36. The third kappa shape index (κ3) is 1.77. The monoisotopic (exact) mass is 194 g/mol. The molecule has 1 unspecified atom stereocenters. The van der Waals surface area contributed by atoms with Gasteiger partial charge in [0.15, 0.2) is 5.60 Å². The molecule has 0 aliphatic carbocycles. The number of ether oxygens (including phenoxy) is 1. The third-order valence-electron chi connectivity index (χ3n) is 2.39. The van der Waals surface area contributed by atoms with Gasteiger partial charge in [-0.1, -0.05) is 29.8 Å². The van der Waals surface area contributed by atoms with Crippen LogP contribution in [0.25, 0.3) is 0 Å². The van der Waals surface area contributed by atoms with Crippen LogP contribution in [0.15, 0.2) is 24.3 Å². The van der Waals surface area contributed by atoms with E-state index < -0.39 is 11.6 Å². The van der Waals surface area contributed by atoms with Gasteiger partial charge in [-0.25, -0.2) is 4.79 Å². The van der Waals surface area contributed by atoms with Gasteiger partial charge in [0.25, 0.3) is 0 Å². The predicted octanol–water partition coefficient (Wildman–Crippen LogP) is 1.94. The van der Waals surface area contributed by atoms with E-state index in [9.17, 15) is 4.79 Å². The Morgan fingerprint density at radius 1 is 1.50 bits per heavy atom. The Balaban J connectivity index is 3.19. The molecule has 1 atom stereocenters. The van der Waals surface area contributed by atoms with E-state index in [1.165, 1.54) is 7.11 Å². The van der Waals surface area contributed by atoms with Crippen molar-refractivity contribution in [2.24, 2.45) is 0 Å². The molecule has 0 saturated heterocycles. The molecule has 1 rings (SSSR count). The fraction of sp³-hybridized carbons (Fsp3) is 0.364. The molecule has 0 radical (unpaired) electrons. The summed E-state index contributed by atoms with van der Waals surface area (Å²) in [6, 6.07) is 7.31. The second-order valence-corrected chi connectivity index (χ2v) is 3.41. The van der Waals surface area contributed by atoms with Crippen LogP contribution in [0, 0.1) is 6.92 Å². The molecule has 0 fully saturated rings. The Morgan fingerprint density at radius 2 is 2.14 bits per heavy atom. The maximum atomic E-state index is 11.0. The van der Waals surface area contributed by atoms with Crippen LogP contribution in [0.2, 0.25) is 0 Å². The lowest BCUT2D eigenvalue weighted by Crippen LogP contribution is -2.34. The first kappa shape index (κ1) is 10.7. The summed E-state index contributed by atoms with van der Waals surface area (Å²) in [6.45, 7) is 3.46. The molecule has 0 amide bonds. The van der Waals surface area contributed by atoms with Gasteiger partial charge in [-0.2, -0.15) is 0 Å². The van der Waals surface area contributed by atoms with Crippen molar-refractivity contribution in [3.05, 3.63) is 35.4 Å². The van der Waals surface area contributed by atoms with E-state index in [4.69, 9.17) is 9.84 Å². The van der Waals surface area contributed by atoms with E-state index in [1.54, 1.807) is 13.0 Å². The van der Waals surface area contributed by atoms with Crippen LogP contribution in [0.4, 0.5) is 0 Å². The van der Waals surface area contributed by atoms with Crippen molar-refractivity contribution in [3.8, 4) is 0 Å². The SMILES string of the molecule is COC(C)(C(=O)O)c1cccc(C)c1. The number of rotatable bonds is 3. The molecule has 3 nitrogen and oxygen atoms in total. The summed E-state index contributed by atoms with van der Waals surface area (Å²) >= 11 is 0. The number of aliphatic carboxylic acids is 1. The third-order valence-corrected chi connectivity index (χ3v) is 2.39. The van der Waals surface area contributed by atoms with Gasteiger partial charge in [0.05, 0.1) is 0 Å². The number of carbonyl (C=O) groups is 1. The zero-order valence-electron chi connectivity index (χ0n) is 8.57. The number of carboxylic acids is 1. The lowest BCUT2D eigenvalue weighted by atomic mass is 9.94. The summed E-state index contributed by atoms with van der Waals surface area (Å²) in [7, 11) is 1.40. The normalized spacial score (nSPS) is 14.8. The molecule has 0 saturated carbocycles. The lowest BCUT2D eigenvalue weighted by molar-refractivity contribution is -0.161. The molecule has 0 aliphatic heterocycles. The molecule has 1 aromatic carbocycles. The summed E-state index contributed by atoms with van der Waals surface area (Å²) < 4.78 is 5.04. The zero-order valence-corrected chi connectivity index (χ0v) is 8.57. The molecule has 0 aromatic heterocycles. The minimum absolute atomic E-state index is 0.660. The molecule has 3 heteroatoms. The number of benzene rings is 1. The van der Waals surface area contributed by atoms with Gasteiger partial charge in [-0.3, -0.25) is 0 Å². The molecule has 0 aliphatic rings. The smallest absolute Gasteiger partial charge is 0.340 e. The lowest BCUT2D eigenvalue weighted by Gasteiger charge is -2.23. The second-order valence-electron chi connectivity index (χ2n) is 3.41. The Labute approximate surface area is 83.3 Å². The summed E-state index contributed by atoms with van der Waals surface area (Å²) in [6.07, 6.45) is 0. The van der Waals surface area contributed by atoms with Gasteiger partial charge in [-0.05, 0) is 19.4 Å². The van der Waals surface area contributed by atoms with Crippen LogP contribution < -0.4 is 0 Å². The van der Waals surface area contributed by atoms with Crippen LogP contribution >= 0.6 is 0 Å². The molecule has 14 heavy (non-hydrogen) atoms. The zero-order chi connectivity index (χ0) is 10.8. The van der Waals surface area contributed by atoms with E-state index in [1.807, 2.05) is 25.1 Å². The molecule has 0 spiro atoms. The number of methoxy groups -OCH3 is 1. The van der Waals surface area contributed by atoms with Crippen molar-refractivity contribution < 1.29 is 14.6 Å². The highest BCUT2D eigenvalue weighted by molar-refractivity contribution is 5.79. The highest BCUT2D eigenvalue weighted by atomic mass is 16.5. The topological polar surface area (TPSA) is 46.5 Å². The van der Waals surface area contributed by atoms with Crippen molar-refractivity contribution in [2.45, 2.75) is 19.4 Å². The van der Waals surface area contributed by atoms with Crippen molar-refractivity contribution in [1.29, 1.82) is 0 Å². The van der Waals surface area contributed by atoms with Crippen molar-refractivity contribution in [2.75, 3.05) is 7.11 Å². The van der Waals surface area contributed by atoms with Crippen LogP contribution in [0.1, 0.15) is 18.1 Å². The highest BCUT2D eigenvalue weighted by Gasteiger charge is 2.34. The fourth-order valence-corrected chi connectivity index (χ4v) is 1.27. The minimum atomic E-state index is -1.26. The van der Waals surface area contributed by atoms with Gasteiger partial charge in [0.2, 0.25) is 0 Å². The van der Waals surface area contributed by atoms with Crippen molar-refractivity contribution in [1.82, 2.24) is 0 Å². The van der Waals surface area contributed by atoms with E-state index >= 15 is 0 Å². The molecule has 0 heterocycles. The van der Waals surface area contributed by atoms with E-state index in [0.717, 1.165) is 5.56 Å². The maximum Gasteiger partial charge on any atom is 0.340 e. The molecular weight excluding hydrogens is 180 g/mol. The molecule has 0 bridgehead atoms. The van der Waals surface area contributed by atoms with Crippen LogP contribution in [0.5, 0.6) is 0 Å². The summed E-state index contributed by atoms with van der Waals surface area (Å²) in [5.41, 5.74) is 0.422. The second kappa shape index (κ2) is 3.80. The highest BCUT2D eigenvalue weighted by Crippen LogP contribution is 2.25. The van der Waals surface area contributed by atoms with Crippen LogP contribution in [0.3, 0.4) is 0 Å². The molecular formula is C11H14O3. The summed E-state index contributed by atoms with van der Waals surface area (Å²) in [5, 5.41) is 9.05. The van der Waals surface area contributed by atoms with E-state index in [-0.39, 0.29) is 0 Å². The number of hydrogen-bond acceptors (Lipinski definition) is 2. The van der Waals surface area contributed by atoms with E-state index in [2.05, 4.69) is 0 Å². The standard InChI is InChI=1S/C11H14O3/c1-8-5-4-6-9(7-8)11(2,14-3)10(12)13/h4-7H,1-3H3,(H,12,13). The van der Waals surface area contributed by atoms with Gasteiger partial charge >= 0.3 is 5.97 Å². The average molecular weight is 194 g/mol. The Hall–Kier alpha value is -1.35. The largest absolute Gasteiger partial charge is 0.479 e. The van der Waals surface area contributed by atoms with Crippen LogP contribution in [-0.4, -0.2) is 18.2 Å². The number of hydrogen-bond donors (Lipinski definition) is 1. The van der Waals surface area contributed by atoms with E-state index in [0.29, 0.717) is 5.56 Å². The van der Waals surface area contributed by atoms with Crippen molar-refractivity contribution >= 4 is 5.97 Å². The Bertz CT molecular complexity index is 346.